The van der Waals surface area contributed by atoms with E-state index in [0.717, 1.165) is 10.4 Å². The Kier molecular flexibility index (Phi) is 2.72. The van der Waals surface area contributed by atoms with Gasteiger partial charge in [0, 0.05) is 10.4 Å². The molecule has 0 bridgehead atoms. The molecule has 19 heavy (non-hydrogen) atoms. The van der Waals surface area contributed by atoms with Gasteiger partial charge in [0.15, 0.2) is 0 Å². The minimum Gasteiger partial charge on any atom is -0.508 e. The summed E-state index contributed by atoms with van der Waals surface area (Å²) in [5, 5.41) is 14.0. The highest BCUT2D eigenvalue weighted by molar-refractivity contribution is 7.16. The second kappa shape index (κ2) is 4.40. The van der Waals surface area contributed by atoms with Crippen molar-refractivity contribution in [1.82, 2.24) is 10.1 Å². The average molecular weight is 273 g/mol. The number of hydrogen-bond acceptors (Lipinski definition) is 6. The zero-order valence-electron chi connectivity index (χ0n) is 10.1. The van der Waals surface area contributed by atoms with Crippen molar-refractivity contribution in [1.29, 1.82) is 0 Å². The lowest BCUT2D eigenvalue weighted by molar-refractivity contribution is 0.432. The molecule has 0 aliphatic carbocycles. The fourth-order valence-corrected chi connectivity index (χ4v) is 2.57. The van der Waals surface area contributed by atoms with E-state index in [1.54, 1.807) is 24.3 Å². The first kappa shape index (κ1) is 11.7. The first-order chi connectivity index (χ1) is 9.13. The molecular weight excluding hydrogens is 262 g/mol. The van der Waals surface area contributed by atoms with Crippen LogP contribution >= 0.6 is 11.3 Å². The van der Waals surface area contributed by atoms with Gasteiger partial charge in [-0.25, -0.2) is 0 Å². The second-order valence-corrected chi connectivity index (χ2v) is 5.40. The van der Waals surface area contributed by atoms with Crippen LogP contribution in [-0.2, 0) is 0 Å². The lowest BCUT2D eigenvalue weighted by Gasteiger charge is -1.94. The van der Waals surface area contributed by atoms with E-state index in [2.05, 4.69) is 10.1 Å². The Morgan fingerprint density at radius 3 is 2.84 bits per heavy atom. The number of anilines is 1. The summed E-state index contributed by atoms with van der Waals surface area (Å²) in [4.78, 5) is 5.39. The number of aromatic nitrogens is 2. The van der Waals surface area contributed by atoms with E-state index in [-0.39, 0.29) is 5.75 Å². The molecule has 3 N–H and O–H groups in total. The molecule has 3 rings (SSSR count). The van der Waals surface area contributed by atoms with Gasteiger partial charge < -0.3 is 15.4 Å². The van der Waals surface area contributed by atoms with Gasteiger partial charge >= 0.3 is 0 Å². The molecule has 1 aromatic carbocycles. The highest BCUT2D eigenvalue weighted by atomic mass is 32.1. The van der Waals surface area contributed by atoms with Crippen LogP contribution in [0.2, 0.25) is 0 Å². The number of aryl methyl sites for hydroxylation is 1. The number of thiophene rings is 1. The van der Waals surface area contributed by atoms with E-state index in [4.69, 9.17) is 10.3 Å². The van der Waals surface area contributed by atoms with Gasteiger partial charge in [0.25, 0.3) is 5.89 Å². The Bertz CT molecular complexity index is 733. The van der Waals surface area contributed by atoms with E-state index in [1.807, 2.05) is 13.0 Å². The molecule has 0 atom stereocenters. The smallest absolute Gasteiger partial charge is 0.261 e. The van der Waals surface area contributed by atoms with E-state index >= 15 is 0 Å². The number of nitrogens with zero attached hydrogens (tertiary/aromatic N) is 2. The predicted octanol–water partition coefficient (Wildman–Crippen LogP) is 3.06. The maximum atomic E-state index is 9.44. The van der Waals surface area contributed by atoms with Crippen LogP contribution in [-0.4, -0.2) is 15.2 Å². The quantitative estimate of drug-likeness (QED) is 0.749. The Balaban J connectivity index is 2.02. The monoisotopic (exact) mass is 273 g/mol. The topological polar surface area (TPSA) is 85.2 Å². The van der Waals surface area contributed by atoms with Crippen molar-refractivity contribution in [2.75, 3.05) is 5.73 Å². The molecule has 0 radical (unpaired) electrons. The fraction of sp³-hybridized carbons (Fsp3) is 0.0769. The summed E-state index contributed by atoms with van der Waals surface area (Å²) in [6.07, 6.45) is 0. The maximum absolute atomic E-state index is 9.44. The van der Waals surface area contributed by atoms with Gasteiger partial charge in [-0.2, -0.15) is 4.98 Å². The Labute approximate surface area is 113 Å². The molecule has 0 saturated heterocycles. The third-order valence-electron chi connectivity index (χ3n) is 2.64. The molecule has 0 aliphatic rings. The fourth-order valence-electron chi connectivity index (χ4n) is 1.79. The first-order valence-corrected chi connectivity index (χ1v) is 6.44. The number of phenols is 1. The number of nitrogens with two attached hydrogens (primary N) is 1. The van der Waals surface area contributed by atoms with Crippen LogP contribution in [0, 0.1) is 6.92 Å². The molecule has 0 unspecified atom stereocenters. The minimum atomic E-state index is 0.162. The maximum Gasteiger partial charge on any atom is 0.261 e. The molecule has 3 aromatic rings. The van der Waals surface area contributed by atoms with Gasteiger partial charge in [0.05, 0.1) is 10.6 Å². The standard InChI is InChI=1S/C13H11N3O2S/c1-7-5-10(11(14)19-7)13-15-12(16-18-13)8-3-2-4-9(17)6-8/h2-6,17H,14H2,1H3. The van der Waals surface area contributed by atoms with Gasteiger partial charge in [-0.15, -0.1) is 11.3 Å². The number of hydrogen-bond donors (Lipinski definition) is 2. The van der Waals surface area contributed by atoms with Crippen molar-refractivity contribution in [3.63, 3.8) is 0 Å². The van der Waals surface area contributed by atoms with Gasteiger partial charge in [0.2, 0.25) is 5.82 Å². The molecule has 0 saturated carbocycles. The predicted molar refractivity (Wildman–Crippen MR) is 73.9 cm³/mol. The first-order valence-electron chi connectivity index (χ1n) is 5.63. The van der Waals surface area contributed by atoms with Crippen molar-refractivity contribution < 1.29 is 9.63 Å². The summed E-state index contributed by atoms with van der Waals surface area (Å²) >= 11 is 1.48. The van der Waals surface area contributed by atoms with E-state index in [0.29, 0.717) is 22.3 Å². The van der Waals surface area contributed by atoms with Crippen molar-refractivity contribution >= 4 is 16.3 Å². The summed E-state index contributed by atoms with van der Waals surface area (Å²) in [5.41, 5.74) is 7.34. The number of nitrogen functional groups attached to an aromatic ring is 1. The summed E-state index contributed by atoms with van der Waals surface area (Å²) in [7, 11) is 0. The van der Waals surface area contributed by atoms with E-state index in [9.17, 15) is 5.11 Å². The average Bonchev–Trinajstić information content (AvgIpc) is 2.96. The second-order valence-electron chi connectivity index (χ2n) is 4.11. The zero-order chi connectivity index (χ0) is 13.4. The molecule has 0 amide bonds. The van der Waals surface area contributed by atoms with Crippen LogP contribution in [0.5, 0.6) is 5.75 Å². The molecule has 5 nitrogen and oxygen atoms in total. The zero-order valence-corrected chi connectivity index (χ0v) is 10.9. The third kappa shape index (κ3) is 2.17. The van der Waals surface area contributed by atoms with Crippen LogP contribution < -0.4 is 5.73 Å². The van der Waals surface area contributed by atoms with Gasteiger partial charge in [-0.3, -0.25) is 0 Å². The number of phenolic OH excluding ortho intramolecular Hbond substituents is 1. The molecule has 2 aromatic heterocycles. The van der Waals surface area contributed by atoms with Crippen LogP contribution in [0.4, 0.5) is 5.00 Å². The molecule has 0 aliphatic heterocycles. The molecule has 0 spiro atoms. The largest absolute Gasteiger partial charge is 0.508 e. The number of benzene rings is 1. The highest BCUT2D eigenvalue weighted by Crippen LogP contribution is 2.33. The van der Waals surface area contributed by atoms with Crippen LogP contribution in [0.25, 0.3) is 22.8 Å². The third-order valence-corrected chi connectivity index (χ3v) is 3.52. The van der Waals surface area contributed by atoms with Crippen molar-refractivity contribution in [2.45, 2.75) is 6.92 Å². The van der Waals surface area contributed by atoms with Crippen LogP contribution in [0.15, 0.2) is 34.9 Å². The minimum absolute atomic E-state index is 0.162. The number of rotatable bonds is 2. The molecule has 6 heteroatoms. The van der Waals surface area contributed by atoms with Crippen molar-refractivity contribution in [3.8, 4) is 28.6 Å². The molecule has 96 valence electrons. The molecule has 0 fully saturated rings. The van der Waals surface area contributed by atoms with Crippen molar-refractivity contribution in [3.05, 3.63) is 35.2 Å². The number of aromatic hydroxyl groups is 1. The van der Waals surface area contributed by atoms with E-state index in [1.165, 1.54) is 11.3 Å². The Morgan fingerprint density at radius 1 is 1.32 bits per heavy atom. The summed E-state index contributed by atoms with van der Waals surface area (Å²) in [6, 6.07) is 8.61. The SMILES string of the molecule is Cc1cc(-c2nc(-c3cccc(O)c3)no2)c(N)s1. The lowest BCUT2D eigenvalue weighted by atomic mass is 10.2. The van der Waals surface area contributed by atoms with Gasteiger partial charge in [-0.1, -0.05) is 17.3 Å². The van der Waals surface area contributed by atoms with Gasteiger partial charge in [-0.05, 0) is 25.1 Å². The van der Waals surface area contributed by atoms with Crippen molar-refractivity contribution in [2.24, 2.45) is 0 Å². The summed E-state index contributed by atoms with van der Waals surface area (Å²) < 4.78 is 5.22. The molecule has 2 heterocycles. The summed E-state index contributed by atoms with van der Waals surface area (Å²) in [5.74, 6) is 0.976. The lowest BCUT2D eigenvalue weighted by Crippen LogP contribution is -1.84. The Hall–Kier alpha value is -2.34. The van der Waals surface area contributed by atoms with Crippen LogP contribution in [0.3, 0.4) is 0 Å². The normalized spacial score (nSPS) is 10.8. The van der Waals surface area contributed by atoms with Gasteiger partial charge in [0.1, 0.15) is 5.75 Å². The van der Waals surface area contributed by atoms with E-state index < -0.39 is 0 Å². The molecular formula is C13H11N3O2S. The summed E-state index contributed by atoms with van der Waals surface area (Å²) in [6.45, 7) is 1.97. The van der Waals surface area contributed by atoms with Crippen LogP contribution in [0.1, 0.15) is 4.88 Å². The Morgan fingerprint density at radius 2 is 2.16 bits per heavy atom. The highest BCUT2D eigenvalue weighted by Gasteiger charge is 2.15.